The van der Waals surface area contributed by atoms with Gasteiger partial charge in [0.25, 0.3) is 17.7 Å². The largest absolute Gasteiger partial charge is 0.449 e. The number of esters is 1. The van der Waals surface area contributed by atoms with E-state index in [1.165, 1.54) is 29.5 Å². The number of likely N-dealkylation sites (N-methyl/N-ethyl adjacent to an activating group) is 1. The maximum atomic E-state index is 12.7. The number of amides is 3. The highest BCUT2D eigenvalue weighted by atomic mass is 16.5. The van der Waals surface area contributed by atoms with E-state index in [9.17, 15) is 19.2 Å². The lowest BCUT2D eigenvalue weighted by Crippen LogP contribution is -2.44. The second-order valence-electron chi connectivity index (χ2n) is 8.99. The molecule has 1 aromatic rings. The molecule has 0 aromatic heterocycles. The van der Waals surface area contributed by atoms with Gasteiger partial charge in [-0.2, -0.15) is 0 Å². The van der Waals surface area contributed by atoms with Crippen LogP contribution in [0.15, 0.2) is 18.2 Å². The molecule has 0 N–H and O–H groups in total. The van der Waals surface area contributed by atoms with Gasteiger partial charge in [-0.15, -0.1) is 0 Å². The third-order valence-corrected chi connectivity index (χ3v) is 6.24. The van der Waals surface area contributed by atoms with Crippen molar-refractivity contribution in [2.45, 2.75) is 71.4 Å². The van der Waals surface area contributed by atoms with Crippen molar-refractivity contribution in [3.63, 3.8) is 0 Å². The molecule has 1 atom stereocenters. The molecule has 0 bridgehead atoms. The Morgan fingerprint density at radius 1 is 1.06 bits per heavy atom. The number of fused-ring (bicyclic) bond motifs is 1. The van der Waals surface area contributed by atoms with Gasteiger partial charge in [-0.1, -0.05) is 33.1 Å². The minimum atomic E-state index is -0.924. The summed E-state index contributed by atoms with van der Waals surface area (Å²) in [7, 11) is 1.76. The van der Waals surface area contributed by atoms with E-state index in [4.69, 9.17) is 4.74 Å². The van der Waals surface area contributed by atoms with E-state index >= 15 is 0 Å². The molecule has 7 nitrogen and oxygen atoms in total. The summed E-state index contributed by atoms with van der Waals surface area (Å²) in [5.74, 6) is -1.27. The smallest absolute Gasteiger partial charge is 0.338 e. The second-order valence-corrected chi connectivity index (χ2v) is 8.99. The van der Waals surface area contributed by atoms with Crippen LogP contribution in [0.5, 0.6) is 0 Å². The predicted octanol–water partition coefficient (Wildman–Crippen LogP) is 3.67. The topological polar surface area (TPSA) is 84.0 Å². The molecule has 1 heterocycles. The van der Waals surface area contributed by atoms with Gasteiger partial charge in [0.2, 0.25) is 0 Å². The van der Waals surface area contributed by atoms with Crippen molar-refractivity contribution >= 4 is 23.7 Å². The van der Waals surface area contributed by atoms with E-state index in [-0.39, 0.29) is 29.0 Å². The van der Waals surface area contributed by atoms with Crippen molar-refractivity contribution in [2.75, 3.05) is 13.6 Å². The molecular weight excluding hydrogens is 396 g/mol. The summed E-state index contributed by atoms with van der Waals surface area (Å²) in [6.07, 6.45) is 5.13. The third-order valence-electron chi connectivity index (χ3n) is 6.24. The molecule has 3 amide bonds. The maximum Gasteiger partial charge on any atom is 0.338 e. The minimum absolute atomic E-state index is 0.158. The SMILES string of the molecule is CC(C)CCN1C(=O)c2ccc(C(=O)O[C@@H](C)C(=O)N(C)C3CCCCC3)cc2C1=O. The molecule has 0 radical (unpaired) electrons. The Labute approximate surface area is 183 Å². The Balaban J connectivity index is 1.66. The maximum absolute atomic E-state index is 12.7. The fraction of sp³-hybridized carbons (Fsp3) is 0.583. The standard InChI is InChI=1S/C24H32N2O5/c1-15(2)12-13-26-22(28)19-11-10-17(14-20(19)23(26)29)24(30)31-16(3)21(27)25(4)18-8-6-5-7-9-18/h10-11,14-16,18H,5-9,12-13H2,1-4H3/t16-/m0/s1. The van der Waals surface area contributed by atoms with Crippen LogP contribution < -0.4 is 0 Å². The number of hydrogen-bond donors (Lipinski definition) is 0. The molecule has 0 spiro atoms. The van der Waals surface area contributed by atoms with E-state index in [0.29, 0.717) is 24.4 Å². The molecular formula is C24H32N2O5. The van der Waals surface area contributed by atoms with E-state index < -0.39 is 18.0 Å². The van der Waals surface area contributed by atoms with Gasteiger partial charge in [0.05, 0.1) is 16.7 Å². The number of carbonyl (C=O) groups is 4. The molecule has 1 fully saturated rings. The lowest BCUT2D eigenvalue weighted by molar-refractivity contribution is -0.141. The number of imide groups is 1. The van der Waals surface area contributed by atoms with Gasteiger partial charge in [-0.05, 0) is 50.3 Å². The molecule has 1 aromatic carbocycles. The van der Waals surface area contributed by atoms with Crippen molar-refractivity contribution in [1.82, 2.24) is 9.80 Å². The molecule has 31 heavy (non-hydrogen) atoms. The monoisotopic (exact) mass is 428 g/mol. The summed E-state index contributed by atoms with van der Waals surface area (Å²) in [5.41, 5.74) is 0.665. The number of benzene rings is 1. The first-order valence-corrected chi connectivity index (χ1v) is 11.2. The number of carbonyl (C=O) groups excluding carboxylic acids is 4. The van der Waals surface area contributed by atoms with Crippen molar-refractivity contribution in [1.29, 1.82) is 0 Å². The van der Waals surface area contributed by atoms with Crippen LogP contribution in [0.25, 0.3) is 0 Å². The highest BCUT2D eigenvalue weighted by molar-refractivity contribution is 6.22. The molecule has 0 saturated heterocycles. The first-order chi connectivity index (χ1) is 14.7. The molecule has 2 aliphatic rings. The first-order valence-electron chi connectivity index (χ1n) is 11.2. The summed E-state index contributed by atoms with van der Waals surface area (Å²) in [6, 6.07) is 4.54. The van der Waals surface area contributed by atoms with Crippen LogP contribution in [0, 0.1) is 5.92 Å². The summed E-state index contributed by atoms with van der Waals surface area (Å²) >= 11 is 0. The van der Waals surface area contributed by atoms with Gasteiger partial charge >= 0.3 is 5.97 Å². The summed E-state index contributed by atoms with van der Waals surface area (Å²) < 4.78 is 5.40. The number of hydrogen-bond acceptors (Lipinski definition) is 5. The summed E-state index contributed by atoms with van der Waals surface area (Å²) in [5, 5.41) is 0. The molecule has 1 saturated carbocycles. The first kappa shape index (κ1) is 23.0. The molecule has 1 aliphatic heterocycles. The molecule has 0 unspecified atom stereocenters. The summed E-state index contributed by atoms with van der Waals surface area (Å²) in [4.78, 5) is 53.5. The lowest BCUT2D eigenvalue weighted by Gasteiger charge is -2.32. The summed E-state index contributed by atoms with van der Waals surface area (Å²) in [6.45, 7) is 5.97. The quantitative estimate of drug-likeness (QED) is 0.489. The van der Waals surface area contributed by atoms with Gasteiger partial charge in [0.15, 0.2) is 6.10 Å². The Morgan fingerprint density at radius 3 is 2.35 bits per heavy atom. The normalized spacial score (nSPS) is 17.6. The van der Waals surface area contributed by atoms with Crippen molar-refractivity contribution in [3.05, 3.63) is 34.9 Å². The average molecular weight is 429 g/mol. The number of nitrogens with zero attached hydrogens (tertiary/aromatic N) is 2. The van der Waals surface area contributed by atoms with Crippen molar-refractivity contribution in [3.8, 4) is 0 Å². The van der Waals surface area contributed by atoms with Crippen LogP contribution in [-0.4, -0.2) is 59.2 Å². The Kier molecular flexibility index (Phi) is 7.13. The number of rotatable bonds is 7. The van der Waals surface area contributed by atoms with Crippen LogP contribution in [0.4, 0.5) is 0 Å². The van der Waals surface area contributed by atoms with Crippen LogP contribution in [0.3, 0.4) is 0 Å². The fourth-order valence-electron chi connectivity index (χ4n) is 4.22. The van der Waals surface area contributed by atoms with Gasteiger partial charge in [-0.25, -0.2) is 4.79 Å². The lowest BCUT2D eigenvalue weighted by atomic mass is 9.94. The zero-order valence-corrected chi connectivity index (χ0v) is 18.8. The fourth-order valence-corrected chi connectivity index (χ4v) is 4.22. The molecule has 168 valence electrons. The van der Waals surface area contributed by atoms with Gasteiger partial charge < -0.3 is 9.64 Å². The van der Waals surface area contributed by atoms with Crippen LogP contribution in [0.1, 0.15) is 90.4 Å². The second kappa shape index (κ2) is 9.62. The van der Waals surface area contributed by atoms with Crippen molar-refractivity contribution in [2.24, 2.45) is 5.92 Å². The highest BCUT2D eigenvalue weighted by Crippen LogP contribution is 2.26. The average Bonchev–Trinajstić information content (AvgIpc) is 3.00. The highest BCUT2D eigenvalue weighted by Gasteiger charge is 2.36. The zero-order valence-electron chi connectivity index (χ0n) is 18.8. The molecule has 3 rings (SSSR count). The van der Waals surface area contributed by atoms with E-state index in [2.05, 4.69) is 0 Å². The van der Waals surface area contributed by atoms with Crippen molar-refractivity contribution < 1.29 is 23.9 Å². The van der Waals surface area contributed by atoms with Crippen LogP contribution >= 0.6 is 0 Å². The van der Waals surface area contributed by atoms with Crippen LogP contribution in [0.2, 0.25) is 0 Å². The Morgan fingerprint density at radius 2 is 1.71 bits per heavy atom. The Bertz CT molecular complexity index is 873. The Hall–Kier alpha value is -2.70. The van der Waals surface area contributed by atoms with Crippen LogP contribution in [-0.2, 0) is 9.53 Å². The zero-order chi connectivity index (χ0) is 22.7. The van der Waals surface area contributed by atoms with Gasteiger partial charge in [0, 0.05) is 19.6 Å². The van der Waals surface area contributed by atoms with E-state index in [1.807, 2.05) is 13.8 Å². The number of ether oxygens (including phenoxy) is 1. The van der Waals surface area contributed by atoms with Gasteiger partial charge in [0.1, 0.15) is 0 Å². The van der Waals surface area contributed by atoms with Gasteiger partial charge in [-0.3, -0.25) is 19.3 Å². The van der Waals surface area contributed by atoms with E-state index in [0.717, 1.165) is 25.7 Å². The molecule has 1 aliphatic carbocycles. The third kappa shape index (κ3) is 4.97. The molecule has 7 heteroatoms. The van der Waals surface area contributed by atoms with E-state index in [1.54, 1.807) is 18.9 Å². The minimum Gasteiger partial charge on any atom is -0.449 e. The predicted molar refractivity (Wildman–Crippen MR) is 116 cm³/mol.